The zero-order valence-electron chi connectivity index (χ0n) is 10.9. The number of aryl methyl sites for hydroxylation is 1. The van der Waals surface area contributed by atoms with Crippen LogP contribution in [0, 0.1) is 6.92 Å². The average molecular weight is 267 g/mol. The summed E-state index contributed by atoms with van der Waals surface area (Å²) in [7, 11) is 0. The maximum Gasteiger partial charge on any atom is 0.248 e. The van der Waals surface area contributed by atoms with Gasteiger partial charge in [0.1, 0.15) is 24.1 Å². The Labute approximate surface area is 115 Å². The molecular formula is C14H13N5O. The molecule has 3 aromatic rings. The maximum atomic E-state index is 6.05. The standard InChI is InChI=1S/C14H13N5O/c1-10-2-4-11(5-3-10)20-14-12(15)13(17-8-18-14)19-7-6-16-9-19/h2-9H,15H2,1H3. The van der Waals surface area contributed by atoms with Gasteiger partial charge in [0.05, 0.1) is 0 Å². The van der Waals surface area contributed by atoms with Gasteiger partial charge in [-0.3, -0.25) is 4.57 Å². The largest absolute Gasteiger partial charge is 0.437 e. The molecule has 0 radical (unpaired) electrons. The zero-order valence-corrected chi connectivity index (χ0v) is 10.9. The molecule has 0 saturated carbocycles. The number of nitrogen functional groups attached to an aromatic ring is 1. The summed E-state index contributed by atoms with van der Waals surface area (Å²) in [5.74, 6) is 1.55. The number of aromatic nitrogens is 4. The zero-order chi connectivity index (χ0) is 13.9. The molecule has 0 spiro atoms. The molecule has 0 saturated heterocycles. The van der Waals surface area contributed by atoms with Crippen LogP contribution in [0.1, 0.15) is 5.56 Å². The lowest BCUT2D eigenvalue weighted by atomic mass is 10.2. The lowest BCUT2D eigenvalue weighted by Gasteiger charge is -2.10. The van der Waals surface area contributed by atoms with Gasteiger partial charge < -0.3 is 10.5 Å². The second-order valence-electron chi connectivity index (χ2n) is 4.30. The number of ether oxygens (including phenoxy) is 1. The van der Waals surface area contributed by atoms with Gasteiger partial charge in [0.25, 0.3) is 0 Å². The van der Waals surface area contributed by atoms with Gasteiger partial charge in [-0.15, -0.1) is 0 Å². The van der Waals surface area contributed by atoms with E-state index in [-0.39, 0.29) is 0 Å². The van der Waals surface area contributed by atoms with E-state index >= 15 is 0 Å². The molecule has 2 heterocycles. The second-order valence-corrected chi connectivity index (χ2v) is 4.30. The van der Waals surface area contributed by atoms with Crippen molar-refractivity contribution < 1.29 is 4.74 Å². The Bertz CT molecular complexity index is 707. The van der Waals surface area contributed by atoms with Gasteiger partial charge in [-0.2, -0.15) is 4.98 Å². The van der Waals surface area contributed by atoms with Crippen LogP contribution in [-0.4, -0.2) is 19.5 Å². The Kier molecular flexibility index (Phi) is 3.04. The molecular weight excluding hydrogens is 254 g/mol. The van der Waals surface area contributed by atoms with Crippen LogP contribution in [0.5, 0.6) is 11.6 Å². The normalized spacial score (nSPS) is 10.4. The third kappa shape index (κ3) is 2.31. The number of rotatable bonds is 3. The van der Waals surface area contributed by atoms with Crippen LogP contribution in [0.15, 0.2) is 49.3 Å². The number of imidazole rings is 1. The van der Waals surface area contributed by atoms with Crippen molar-refractivity contribution in [1.29, 1.82) is 0 Å². The summed E-state index contributed by atoms with van der Waals surface area (Å²) in [5.41, 5.74) is 7.58. The summed E-state index contributed by atoms with van der Waals surface area (Å²) < 4.78 is 7.40. The highest BCUT2D eigenvalue weighted by Crippen LogP contribution is 2.28. The van der Waals surface area contributed by atoms with Crippen LogP contribution in [-0.2, 0) is 0 Å². The van der Waals surface area contributed by atoms with Gasteiger partial charge in [-0.1, -0.05) is 17.7 Å². The molecule has 2 aromatic heterocycles. The van der Waals surface area contributed by atoms with Crippen LogP contribution in [0.25, 0.3) is 5.82 Å². The third-order valence-corrected chi connectivity index (χ3v) is 2.81. The third-order valence-electron chi connectivity index (χ3n) is 2.81. The monoisotopic (exact) mass is 267 g/mol. The van der Waals surface area contributed by atoms with E-state index in [1.807, 2.05) is 31.2 Å². The number of hydrogen-bond donors (Lipinski definition) is 1. The molecule has 0 aliphatic rings. The molecule has 3 rings (SSSR count). The number of hydrogen-bond acceptors (Lipinski definition) is 5. The average Bonchev–Trinajstić information content (AvgIpc) is 2.97. The van der Waals surface area contributed by atoms with Gasteiger partial charge in [0.2, 0.25) is 5.88 Å². The van der Waals surface area contributed by atoms with Gasteiger partial charge in [0.15, 0.2) is 5.82 Å². The van der Waals surface area contributed by atoms with E-state index in [0.29, 0.717) is 23.1 Å². The molecule has 2 N–H and O–H groups in total. The summed E-state index contributed by atoms with van der Waals surface area (Å²) in [6, 6.07) is 7.66. The van der Waals surface area contributed by atoms with E-state index in [4.69, 9.17) is 10.5 Å². The minimum atomic E-state index is 0.326. The molecule has 0 fully saturated rings. The summed E-state index contributed by atoms with van der Waals surface area (Å²) >= 11 is 0. The Morgan fingerprint density at radius 3 is 2.65 bits per heavy atom. The van der Waals surface area contributed by atoms with Crippen LogP contribution in [0.3, 0.4) is 0 Å². The highest BCUT2D eigenvalue weighted by Gasteiger charge is 2.11. The molecule has 0 bridgehead atoms. The Balaban J connectivity index is 1.94. The number of benzene rings is 1. The summed E-state index contributed by atoms with van der Waals surface area (Å²) in [5, 5.41) is 0. The topological polar surface area (TPSA) is 78.9 Å². The maximum absolute atomic E-state index is 6.05. The van der Waals surface area contributed by atoms with Gasteiger partial charge in [0, 0.05) is 12.4 Å². The van der Waals surface area contributed by atoms with Gasteiger partial charge in [-0.05, 0) is 19.1 Å². The molecule has 0 atom stereocenters. The highest BCUT2D eigenvalue weighted by atomic mass is 16.5. The lowest BCUT2D eigenvalue weighted by molar-refractivity contribution is 0.463. The van der Waals surface area contributed by atoms with Crippen molar-refractivity contribution in [3.8, 4) is 17.4 Å². The fraction of sp³-hybridized carbons (Fsp3) is 0.0714. The van der Waals surface area contributed by atoms with Crippen molar-refractivity contribution in [3.63, 3.8) is 0 Å². The first kappa shape index (κ1) is 12.2. The van der Waals surface area contributed by atoms with Crippen molar-refractivity contribution >= 4 is 5.69 Å². The molecule has 0 aliphatic carbocycles. The van der Waals surface area contributed by atoms with Crippen molar-refractivity contribution in [2.24, 2.45) is 0 Å². The molecule has 20 heavy (non-hydrogen) atoms. The summed E-state index contributed by atoms with van der Waals surface area (Å²) in [6.45, 7) is 2.01. The molecule has 100 valence electrons. The summed E-state index contributed by atoms with van der Waals surface area (Å²) in [4.78, 5) is 12.2. The molecule has 1 aromatic carbocycles. The lowest BCUT2D eigenvalue weighted by Crippen LogP contribution is -2.04. The molecule has 6 heteroatoms. The van der Waals surface area contributed by atoms with E-state index in [1.54, 1.807) is 23.3 Å². The van der Waals surface area contributed by atoms with Gasteiger partial charge >= 0.3 is 0 Å². The van der Waals surface area contributed by atoms with Gasteiger partial charge in [-0.25, -0.2) is 9.97 Å². The number of nitrogens with two attached hydrogens (primary N) is 1. The predicted octanol–water partition coefficient (Wildman–Crippen LogP) is 2.35. The Morgan fingerprint density at radius 2 is 1.95 bits per heavy atom. The van der Waals surface area contributed by atoms with Crippen molar-refractivity contribution in [2.45, 2.75) is 6.92 Å². The van der Waals surface area contributed by atoms with Crippen molar-refractivity contribution in [1.82, 2.24) is 19.5 Å². The molecule has 0 aliphatic heterocycles. The first-order valence-corrected chi connectivity index (χ1v) is 6.07. The molecule has 0 unspecified atom stereocenters. The number of nitrogens with zero attached hydrogens (tertiary/aromatic N) is 4. The minimum absolute atomic E-state index is 0.326. The first-order valence-electron chi connectivity index (χ1n) is 6.07. The first-order chi connectivity index (χ1) is 9.74. The van der Waals surface area contributed by atoms with E-state index in [0.717, 1.165) is 5.56 Å². The minimum Gasteiger partial charge on any atom is -0.437 e. The van der Waals surface area contributed by atoms with Crippen molar-refractivity contribution in [2.75, 3.05) is 5.73 Å². The van der Waals surface area contributed by atoms with Crippen LogP contribution >= 0.6 is 0 Å². The second kappa shape index (κ2) is 5.00. The Morgan fingerprint density at radius 1 is 1.15 bits per heavy atom. The van der Waals surface area contributed by atoms with Crippen LogP contribution < -0.4 is 10.5 Å². The number of anilines is 1. The van der Waals surface area contributed by atoms with E-state index in [9.17, 15) is 0 Å². The van der Waals surface area contributed by atoms with Crippen LogP contribution in [0.2, 0.25) is 0 Å². The smallest absolute Gasteiger partial charge is 0.248 e. The quantitative estimate of drug-likeness (QED) is 0.788. The van der Waals surface area contributed by atoms with E-state index in [1.165, 1.54) is 6.33 Å². The van der Waals surface area contributed by atoms with Crippen LogP contribution in [0.4, 0.5) is 5.69 Å². The van der Waals surface area contributed by atoms with E-state index in [2.05, 4.69) is 15.0 Å². The fourth-order valence-electron chi connectivity index (χ4n) is 1.76. The predicted molar refractivity (Wildman–Crippen MR) is 74.8 cm³/mol. The van der Waals surface area contributed by atoms with Crippen molar-refractivity contribution in [3.05, 3.63) is 54.9 Å². The molecule has 6 nitrogen and oxygen atoms in total. The molecule has 0 amide bonds. The summed E-state index contributed by atoms with van der Waals surface area (Å²) in [6.07, 6.45) is 6.44. The Hall–Kier alpha value is -2.89. The van der Waals surface area contributed by atoms with E-state index < -0.39 is 0 Å². The highest BCUT2D eigenvalue weighted by molar-refractivity contribution is 5.60. The SMILES string of the molecule is Cc1ccc(Oc2ncnc(-n3ccnc3)c2N)cc1. The fourth-order valence-corrected chi connectivity index (χ4v) is 1.76.